The first kappa shape index (κ1) is 19.9. The fourth-order valence-electron chi connectivity index (χ4n) is 1.74. The number of allylic oxidation sites excluding steroid dienone is 2. The van der Waals surface area contributed by atoms with Crippen LogP contribution < -0.4 is 0 Å². The van der Waals surface area contributed by atoms with E-state index in [0.29, 0.717) is 24.2 Å². The van der Waals surface area contributed by atoms with Crippen molar-refractivity contribution in [1.82, 2.24) is 0 Å². The van der Waals surface area contributed by atoms with Crippen LogP contribution in [0.2, 0.25) is 0 Å². The predicted octanol–water partition coefficient (Wildman–Crippen LogP) is 5.46. The topological polar surface area (TPSA) is 43.4 Å². The second kappa shape index (κ2) is 8.63. The third-order valence-electron chi connectivity index (χ3n) is 2.74. The van der Waals surface area contributed by atoms with E-state index < -0.39 is 15.6 Å². The Morgan fingerprint density at radius 3 is 2.13 bits per heavy atom. The van der Waals surface area contributed by atoms with Crippen molar-refractivity contribution in [3.63, 3.8) is 0 Å². The molecule has 1 rings (SSSR count). The van der Waals surface area contributed by atoms with Gasteiger partial charge < -0.3 is 4.18 Å². The standard InChI is InChI=1S/C15H19F3O3S2/c1-3-8-13(21-23(19,20)15(16,17)18)14(9-4-2)22-12-10-6-5-7-11-12/h5-7,10-11H,3-4,8-9H2,1-2H3/b14-13+. The van der Waals surface area contributed by atoms with Crippen LogP contribution in [-0.2, 0) is 14.3 Å². The Morgan fingerprint density at radius 2 is 1.65 bits per heavy atom. The van der Waals surface area contributed by atoms with E-state index in [-0.39, 0.29) is 12.2 Å². The van der Waals surface area contributed by atoms with E-state index in [2.05, 4.69) is 4.18 Å². The summed E-state index contributed by atoms with van der Waals surface area (Å²) < 4.78 is 64.8. The quantitative estimate of drug-likeness (QED) is 0.265. The highest BCUT2D eigenvalue weighted by Crippen LogP contribution is 2.36. The Bertz CT molecular complexity index is 623. The van der Waals surface area contributed by atoms with Crippen LogP contribution in [0.4, 0.5) is 13.2 Å². The van der Waals surface area contributed by atoms with Crippen LogP contribution in [0, 0.1) is 0 Å². The smallest absolute Gasteiger partial charge is 0.380 e. The van der Waals surface area contributed by atoms with Crippen molar-refractivity contribution < 1.29 is 25.8 Å². The Labute approximate surface area is 139 Å². The zero-order valence-electron chi connectivity index (χ0n) is 12.9. The molecule has 3 nitrogen and oxygen atoms in total. The second-order valence-electron chi connectivity index (χ2n) is 4.74. The van der Waals surface area contributed by atoms with Gasteiger partial charge in [-0.05, 0) is 25.0 Å². The normalized spacial score (nSPS) is 13.6. The molecule has 0 spiro atoms. The molecule has 1 aromatic carbocycles. The van der Waals surface area contributed by atoms with Crippen LogP contribution in [0.25, 0.3) is 0 Å². The zero-order chi connectivity index (χ0) is 17.5. The highest BCUT2D eigenvalue weighted by atomic mass is 32.2. The maximum absolute atomic E-state index is 12.6. The molecule has 23 heavy (non-hydrogen) atoms. The van der Waals surface area contributed by atoms with E-state index in [1.54, 1.807) is 19.1 Å². The van der Waals surface area contributed by atoms with Crippen molar-refractivity contribution in [3.05, 3.63) is 41.0 Å². The van der Waals surface area contributed by atoms with Gasteiger partial charge in [-0.15, -0.1) is 0 Å². The highest BCUT2D eigenvalue weighted by Gasteiger charge is 2.49. The summed E-state index contributed by atoms with van der Waals surface area (Å²) in [6.07, 6.45) is 1.72. The minimum Gasteiger partial charge on any atom is -0.380 e. The first-order chi connectivity index (χ1) is 10.7. The van der Waals surface area contributed by atoms with E-state index in [0.717, 1.165) is 4.90 Å². The van der Waals surface area contributed by atoms with E-state index in [4.69, 9.17) is 0 Å². The summed E-state index contributed by atoms with van der Waals surface area (Å²) >= 11 is 1.24. The molecule has 0 amide bonds. The monoisotopic (exact) mass is 368 g/mol. The molecule has 0 aromatic heterocycles. The van der Waals surface area contributed by atoms with Crippen LogP contribution in [0.1, 0.15) is 39.5 Å². The van der Waals surface area contributed by atoms with Crippen LogP contribution in [0.5, 0.6) is 0 Å². The minimum absolute atomic E-state index is 0.125. The summed E-state index contributed by atoms with van der Waals surface area (Å²) in [5.74, 6) is -0.125. The number of rotatable bonds is 8. The largest absolute Gasteiger partial charge is 0.534 e. The molecule has 0 aliphatic rings. The maximum Gasteiger partial charge on any atom is 0.534 e. The molecule has 130 valence electrons. The van der Waals surface area contributed by atoms with Gasteiger partial charge in [-0.1, -0.05) is 50.2 Å². The molecule has 0 bridgehead atoms. The molecule has 0 aliphatic carbocycles. The molecule has 0 unspecified atom stereocenters. The van der Waals surface area contributed by atoms with Gasteiger partial charge in [0.05, 0.1) is 0 Å². The van der Waals surface area contributed by atoms with Crippen LogP contribution in [0.15, 0.2) is 45.9 Å². The van der Waals surface area contributed by atoms with Crippen molar-refractivity contribution in [1.29, 1.82) is 0 Å². The molecule has 0 radical (unpaired) electrons. The molecule has 0 saturated carbocycles. The molecule has 0 saturated heterocycles. The van der Waals surface area contributed by atoms with Gasteiger partial charge in [0.1, 0.15) is 5.76 Å². The van der Waals surface area contributed by atoms with E-state index in [1.807, 2.05) is 25.1 Å². The number of hydrogen-bond acceptors (Lipinski definition) is 4. The molecule has 0 heterocycles. The van der Waals surface area contributed by atoms with E-state index >= 15 is 0 Å². The second-order valence-corrected chi connectivity index (χ2v) is 7.45. The number of benzene rings is 1. The van der Waals surface area contributed by atoms with Gasteiger partial charge in [0, 0.05) is 16.2 Å². The third-order valence-corrected chi connectivity index (χ3v) is 4.92. The van der Waals surface area contributed by atoms with Gasteiger partial charge >= 0.3 is 15.6 Å². The Hall–Kier alpha value is -1.15. The summed E-state index contributed by atoms with van der Waals surface area (Å²) in [5.41, 5.74) is -5.43. The van der Waals surface area contributed by atoms with Gasteiger partial charge in [0.25, 0.3) is 0 Å². The van der Waals surface area contributed by atoms with Gasteiger partial charge in [-0.3, -0.25) is 0 Å². The molecule has 8 heteroatoms. The van der Waals surface area contributed by atoms with Gasteiger partial charge in [0.15, 0.2) is 0 Å². The summed E-state index contributed by atoms with van der Waals surface area (Å²) in [6, 6.07) is 9.05. The average molecular weight is 368 g/mol. The van der Waals surface area contributed by atoms with Crippen molar-refractivity contribution in [2.24, 2.45) is 0 Å². The van der Waals surface area contributed by atoms with Gasteiger partial charge in [-0.2, -0.15) is 21.6 Å². The highest BCUT2D eigenvalue weighted by molar-refractivity contribution is 8.03. The van der Waals surface area contributed by atoms with Crippen molar-refractivity contribution >= 4 is 21.9 Å². The molecule has 0 aliphatic heterocycles. The molecular weight excluding hydrogens is 349 g/mol. The first-order valence-electron chi connectivity index (χ1n) is 7.17. The fourth-order valence-corrected chi connectivity index (χ4v) is 3.48. The number of alkyl halides is 3. The van der Waals surface area contributed by atoms with Crippen LogP contribution >= 0.6 is 11.8 Å². The molecule has 1 aromatic rings. The third kappa shape index (κ3) is 6.10. The Balaban J connectivity index is 3.18. The lowest BCUT2D eigenvalue weighted by molar-refractivity contribution is -0.0523. The van der Waals surface area contributed by atoms with Crippen LogP contribution in [-0.4, -0.2) is 13.9 Å². The van der Waals surface area contributed by atoms with Crippen molar-refractivity contribution in [2.45, 2.75) is 49.9 Å². The number of thioether (sulfide) groups is 1. The van der Waals surface area contributed by atoms with Gasteiger partial charge in [-0.25, -0.2) is 0 Å². The first-order valence-corrected chi connectivity index (χ1v) is 9.39. The summed E-state index contributed by atoms with van der Waals surface area (Å²) in [7, 11) is -5.65. The van der Waals surface area contributed by atoms with Crippen molar-refractivity contribution in [2.75, 3.05) is 0 Å². The Kier molecular flexibility index (Phi) is 7.47. The lowest BCUT2D eigenvalue weighted by Gasteiger charge is -2.16. The maximum atomic E-state index is 12.6. The zero-order valence-corrected chi connectivity index (χ0v) is 14.5. The minimum atomic E-state index is -5.65. The lowest BCUT2D eigenvalue weighted by Crippen LogP contribution is -2.25. The van der Waals surface area contributed by atoms with Gasteiger partial charge in [0.2, 0.25) is 0 Å². The summed E-state index contributed by atoms with van der Waals surface area (Å²) in [5, 5.41) is 0. The van der Waals surface area contributed by atoms with Crippen molar-refractivity contribution in [3.8, 4) is 0 Å². The fraction of sp³-hybridized carbons (Fsp3) is 0.467. The number of halogens is 3. The molecular formula is C15H19F3O3S2. The van der Waals surface area contributed by atoms with E-state index in [1.165, 1.54) is 11.8 Å². The lowest BCUT2D eigenvalue weighted by atomic mass is 10.2. The molecule has 0 fully saturated rings. The SMILES string of the molecule is CCC/C(OS(=O)(=O)C(F)(F)F)=C(/CCC)Sc1ccccc1. The summed E-state index contributed by atoms with van der Waals surface area (Å²) in [6.45, 7) is 3.62. The predicted molar refractivity (Wildman–Crippen MR) is 85.2 cm³/mol. The molecule has 0 N–H and O–H groups in total. The summed E-state index contributed by atoms with van der Waals surface area (Å²) in [4.78, 5) is 1.32. The number of hydrogen-bond donors (Lipinski definition) is 0. The average Bonchev–Trinajstić information content (AvgIpc) is 2.46. The van der Waals surface area contributed by atoms with E-state index in [9.17, 15) is 21.6 Å². The molecule has 0 atom stereocenters. The van der Waals surface area contributed by atoms with Crippen LogP contribution in [0.3, 0.4) is 0 Å². The Morgan fingerprint density at radius 1 is 1.09 bits per heavy atom.